The minimum absolute atomic E-state index is 0.239. The molecule has 2 fully saturated rings. The van der Waals surface area contributed by atoms with Crippen LogP contribution >= 0.6 is 0 Å². The zero-order valence-corrected chi connectivity index (χ0v) is 13.1. The largest absolute Gasteiger partial charge is 0.394 e. The van der Waals surface area contributed by atoms with Gasteiger partial charge in [0.1, 0.15) is 5.82 Å². The van der Waals surface area contributed by atoms with Crippen LogP contribution in [-0.2, 0) is 18.2 Å². The third-order valence-corrected chi connectivity index (χ3v) is 4.61. The Kier molecular flexibility index (Phi) is 4.35. The monoisotopic (exact) mass is 293 g/mol. The number of hydrogen-bond donors (Lipinski definition) is 2. The molecule has 1 aromatic heterocycles. The zero-order valence-electron chi connectivity index (χ0n) is 13.1. The Balaban J connectivity index is 1.57. The number of aryl methyl sites for hydroxylation is 2. The highest BCUT2D eigenvalue weighted by molar-refractivity contribution is 5.65. The lowest BCUT2D eigenvalue weighted by Gasteiger charge is -2.35. The van der Waals surface area contributed by atoms with Gasteiger partial charge in [-0.15, -0.1) is 0 Å². The highest BCUT2D eigenvalue weighted by atomic mass is 16.5. The van der Waals surface area contributed by atoms with Crippen molar-refractivity contribution in [2.45, 2.75) is 44.8 Å². The maximum atomic E-state index is 6.19. The van der Waals surface area contributed by atoms with E-state index in [0.717, 1.165) is 49.7 Å². The molecule has 3 rings (SSSR count). The van der Waals surface area contributed by atoms with Gasteiger partial charge in [-0.2, -0.15) is 5.10 Å². The number of nitrogens with two attached hydrogens (primary N) is 1. The van der Waals surface area contributed by atoms with Crippen molar-refractivity contribution in [3.8, 4) is 0 Å². The molecule has 0 aromatic carbocycles. The van der Waals surface area contributed by atoms with Crippen molar-refractivity contribution in [1.29, 1.82) is 0 Å². The van der Waals surface area contributed by atoms with Gasteiger partial charge in [-0.3, -0.25) is 9.58 Å². The molecule has 6 heteroatoms. The number of morpholine rings is 1. The molecule has 1 aromatic rings. The van der Waals surface area contributed by atoms with Gasteiger partial charge in [0.25, 0.3) is 0 Å². The molecule has 0 aliphatic carbocycles. The normalized spacial score (nSPS) is 26.0. The Bertz CT molecular complexity index is 487. The Morgan fingerprint density at radius 1 is 1.48 bits per heavy atom. The molecule has 21 heavy (non-hydrogen) atoms. The van der Waals surface area contributed by atoms with E-state index in [1.165, 1.54) is 19.4 Å². The molecule has 0 spiro atoms. The number of aromatic nitrogens is 2. The van der Waals surface area contributed by atoms with Crippen LogP contribution in [0.15, 0.2) is 0 Å². The predicted molar refractivity (Wildman–Crippen MR) is 84.4 cm³/mol. The van der Waals surface area contributed by atoms with Crippen molar-refractivity contribution in [3.63, 3.8) is 0 Å². The zero-order chi connectivity index (χ0) is 14.8. The fraction of sp³-hybridized carbons (Fsp3) is 0.800. The average Bonchev–Trinajstić information content (AvgIpc) is 3.03. The van der Waals surface area contributed by atoms with Crippen molar-refractivity contribution in [2.75, 3.05) is 37.3 Å². The van der Waals surface area contributed by atoms with Crippen LogP contribution in [0.25, 0.3) is 0 Å². The first-order chi connectivity index (χ1) is 10.2. The van der Waals surface area contributed by atoms with E-state index in [4.69, 9.17) is 10.5 Å². The van der Waals surface area contributed by atoms with Crippen LogP contribution in [0.2, 0.25) is 0 Å². The Morgan fingerprint density at radius 2 is 2.33 bits per heavy atom. The van der Waals surface area contributed by atoms with Crippen LogP contribution in [0, 0.1) is 0 Å². The summed E-state index contributed by atoms with van der Waals surface area (Å²) < 4.78 is 7.82. The van der Waals surface area contributed by atoms with Gasteiger partial charge in [0.2, 0.25) is 0 Å². The van der Waals surface area contributed by atoms with Gasteiger partial charge in [-0.05, 0) is 25.8 Å². The van der Waals surface area contributed by atoms with Gasteiger partial charge < -0.3 is 15.8 Å². The number of nitrogen functional groups attached to an aromatic ring is 1. The molecule has 0 radical (unpaired) electrons. The minimum atomic E-state index is 0.239. The molecular weight excluding hydrogens is 266 g/mol. The maximum absolute atomic E-state index is 6.19. The maximum Gasteiger partial charge on any atom is 0.147 e. The van der Waals surface area contributed by atoms with Gasteiger partial charge in [0.05, 0.1) is 24.1 Å². The molecule has 2 aliphatic rings. The van der Waals surface area contributed by atoms with E-state index in [9.17, 15) is 0 Å². The van der Waals surface area contributed by atoms with E-state index in [-0.39, 0.29) is 6.10 Å². The SMILES string of the molecule is CCCc1nn(C)c(NCC2CN3CCCC3CO2)c1N. The van der Waals surface area contributed by atoms with Crippen LogP contribution in [0.5, 0.6) is 0 Å². The highest BCUT2D eigenvalue weighted by Crippen LogP contribution is 2.25. The third kappa shape index (κ3) is 3.01. The lowest BCUT2D eigenvalue weighted by Crippen LogP contribution is -2.48. The second-order valence-corrected chi connectivity index (χ2v) is 6.21. The lowest BCUT2D eigenvalue weighted by atomic mass is 10.2. The molecule has 3 heterocycles. The van der Waals surface area contributed by atoms with Crippen LogP contribution in [0.4, 0.5) is 11.5 Å². The van der Waals surface area contributed by atoms with E-state index in [1.54, 1.807) is 0 Å². The lowest BCUT2D eigenvalue weighted by molar-refractivity contribution is -0.0416. The van der Waals surface area contributed by atoms with Gasteiger partial charge in [-0.25, -0.2) is 0 Å². The van der Waals surface area contributed by atoms with Crippen molar-refractivity contribution < 1.29 is 4.74 Å². The molecular formula is C15H27N5O. The predicted octanol–water partition coefficient (Wildman–Crippen LogP) is 1.23. The van der Waals surface area contributed by atoms with E-state index >= 15 is 0 Å². The topological polar surface area (TPSA) is 68.3 Å². The van der Waals surface area contributed by atoms with Crippen LogP contribution in [0.1, 0.15) is 31.9 Å². The number of fused-ring (bicyclic) bond motifs is 1. The molecule has 2 atom stereocenters. The third-order valence-electron chi connectivity index (χ3n) is 4.61. The molecule has 2 unspecified atom stereocenters. The fourth-order valence-electron chi connectivity index (χ4n) is 3.45. The van der Waals surface area contributed by atoms with Gasteiger partial charge in [0.15, 0.2) is 0 Å². The molecule has 118 valence electrons. The molecule has 2 aliphatic heterocycles. The second-order valence-electron chi connectivity index (χ2n) is 6.21. The standard InChI is InChI=1S/C15H27N5O/c1-3-5-13-14(16)15(19(2)18-13)17-8-12-9-20-7-4-6-11(20)10-21-12/h11-12,17H,3-10,16H2,1-2H3. The molecule has 3 N–H and O–H groups in total. The first-order valence-electron chi connectivity index (χ1n) is 8.10. The molecule has 0 saturated carbocycles. The fourth-order valence-corrected chi connectivity index (χ4v) is 3.45. The van der Waals surface area contributed by atoms with E-state index in [2.05, 4.69) is 22.2 Å². The summed E-state index contributed by atoms with van der Waals surface area (Å²) in [6.07, 6.45) is 4.82. The summed E-state index contributed by atoms with van der Waals surface area (Å²) in [5.41, 5.74) is 7.97. The van der Waals surface area contributed by atoms with E-state index in [0.29, 0.717) is 6.04 Å². The smallest absolute Gasteiger partial charge is 0.147 e. The van der Waals surface area contributed by atoms with Gasteiger partial charge in [0, 0.05) is 26.2 Å². The Morgan fingerprint density at radius 3 is 3.14 bits per heavy atom. The Labute approximate surface area is 126 Å². The van der Waals surface area contributed by atoms with Crippen LogP contribution in [-0.4, -0.2) is 53.1 Å². The number of nitrogens with one attached hydrogen (secondary N) is 1. The first kappa shape index (κ1) is 14.7. The number of nitrogens with zero attached hydrogens (tertiary/aromatic N) is 3. The summed E-state index contributed by atoms with van der Waals surface area (Å²) >= 11 is 0. The van der Waals surface area contributed by atoms with Crippen molar-refractivity contribution in [1.82, 2.24) is 14.7 Å². The molecule has 0 bridgehead atoms. The van der Waals surface area contributed by atoms with Crippen LogP contribution in [0.3, 0.4) is 0 Å². The summed E-state index contributed by atoms with van der Waals surface area (Å²) in [6, 6.07) is 0.652. The van der Waals surface area contributed by atoms with Crippen molar-refractivity contribution in [3.05, 3.63) is 5.69 Å². The summed E-state index contributed by atoms with van der Waals surface area (Å²) in [5.74, 6) is 0.922. The number of rotatable bonds is 5. The van der Waals surface area contributed by atoms with Gasteiger partial charge >= 0.3 is 0 Å². The molecule has 2 saturated heterocycles. The quantitative estimate of drug-likeness (QED) is 0.854. The van der Waals surface area contributed by atoms with Crippen LogP contribution < -0.4 is 11.1 Å². The van der Waals surface area contributed by atoms with Gasteiger partial charge in [-0.1, -0.05) is 13.3 Å². The van der Waals surface area contributed by atoms with Crippen molar-refractivity contribution in [2.24, 2.45) is 7.05 Å². The summed E-state index contributed by atoms with van der Waals surface area (Å²) in [7, 11) is 1.94. The number of hydrogen-bond acceptors (Lipinski definition) is 5. The molecule has 0 amide bonds. The highest BCUT2D eigenvalue weighted by Gasteiger charge is 2.32. The molecule has 6 nitrogen and oxygen atoms in total. The van der Waals surface area contributed by atoms with E-state index < -0.39 is 0 Å². The van der Waals surface area contributed by atoms with Crippen molar-refractivity contribution >= 4 is 11.5 Å². The Hall–Kier alpha value is -1.27. The second kappa shape index (κ2) is 6.23. The van der Waals surface area contributed by atoms with E-state index in [1.807, 2.05) is 11.7 Å². The first-order valence-corrected chi connectivity index (χ1v) is 8.10. The average molecular weight is 293 g/mol. The summed E-state index contributed by atoms with van der Waals surface area (Å²) in [4.78, 5) is 2.56. The summed E-state index contributed by atoms with van der Waals surface area (Å²) in [6.45, 7) is 6.05. The summed E-state index contributed by atoms with van der Waals surface area (Å²) in [5, 5.41) is 7.93. The number of anilines is 2. The minimum Gasteiger partial charge on any atom is -0.394 e. The number of ether oxygens (including phenoxy) is 1.